The normalized spacial score (nSPS) is 14.8. The van der Waals surface area contributed by atoms with Crippen LogP contribution in [0.3, 0.4) is 0 Å². The smallest absolute Gasteiger partial charge is 0.222 e. The van der Waals surface area contributed by atoms with Gasteiger partial charge in [0.25, 0.3) is 0 Å². The second-order valence-electron chi connectivity index (χ2n) is 10.3. The van der Waals surface area contributed by atoms with E-state index >= 15 is 0 Å². The van der Waals surface area contributed by atoms with Crippen LogP contribution in [-0.2, 0) is 47.9 Å². The third kappa shape index (κ3) is 13.2. The molecule has 0 saturated heterocycles. The van der Waals surface area contributed by atoms with Crippen LogP contribution in [0, 0.1) is 11.8 Å². The lowest BCUT2D eigenvalue weighted by Crippen LogP contribution is -2.44. The highest BCUT2D eigenvalue weighted by Gasteiger charge is 2.29. The SMILES string of the molecule is COCCC(=O)NC(CC(=O)NCCNC(=O)CCC1C(=O)C=CC1=O)CC(=O)NCCNC(=O)CCC1C(=O)C=CC1=O. The molecule has 5 N–H and O–H groups in total. The summed E-state index contributed by atoms with van der Waals surface area (Å²) in [6.45, 7) is 0.481. The van der Waals surface area contributed by atoms with Gasteiger partial charge < -0.3 is 31.3 Å². The van der Waals surface area contributed by atoms with Crippen LogP contribution in [-0.4, -0.2) is 98.6 Å². The molecule has 0 saturated carbocycles. The van der Waals surface area contributed by atoms with Gasteiger partial charge in [0.2, 0.25) is 29.5 Å². The van der Waals surface area contributed by atoms with Gasteiger partial charge in [0.05, 0.1) is 18.4 Å². The molecule has 0 atom stereocenters. The van der Waals surface area contributed by atoms with Gasteiger partial charge in [-0.1, -0.05) is 0 Å². The first kappa shape index (κ1) is 35.7. The van der Waals surface area contributed by atoms with Crippen molar-refractivity contribution in [3.8, 4) is 0 Å². The number of allylic oxidation sites excluding steroid dienone is 4. The van der Waals surface area contributed by atoms with E-state index in [-0.39, 0.29) is 113 Å². The Kier molecular flexibility index (Phi) is 15.3. The molecule has 0 heterocycles. The predicted octanol–water partition coefficient (Wildman–Crippen LogP) is -2.04. The summed E-state index contributed by atoms with van der Waals surface area (Å²) in [6.07, 6.45) is 4.55. The second-order valence-corrected chi connectivity index (χ2v) is 10.3. The molecule has 0 spiro atoms. The molecule has 0 aromatic carbocycles. The fraction of sp³-hybridized carbons (Fsp3) is 0.552. The van der Waals surface area contributed by atoms with Gasteiger partial charge in [-0.05, 0) is 37.1 Å². The van der Waals surface area contributed by atoms with Crippen molar-refractivity contribution >= 4 is 52.7 Å². The summed E-state index contributed by atoms with van der Waals surface area (Å²) in [5.74, 6) is -5.03. The Morgan fingerprint density at radius 2 is 0.955 bits per heavy atom. The van der Waals surface area contributed by atoms with Gasteiger partial charge in [0.15, 0.2) is 23.1 Å². The highest BCUT2D eigenvalue weighted by atomic mass is 16.5. The zero-order valence-corrected chi connectivity index (χ0v) is 24.6. The van der Waals surface area contributed by atoms with E-state index in [9.17, 15) is 43.2 Å². The van der Waals surface area contributed by atoms with Crippen LogP contribution < -0.4 is 26.6 Å². The summed E-state index contributed by atoms with van der Waals surface area (Å²) in [4.78, 5) is 108. The highest BCUT2D eigenvalue weighted by Crippen LogP contribution is 2.17. The Labute approximate surface area is 254 Å². The summed E-state index contributed by atoms with van der Waals surface area (Å²) >= 11 is 0. The van der Waals surface area contributed by atoms with Crippen LogP contribution in [0.4, 0.5) is 0 Å². The summed E-state index contributed by atoms with van der Waals surface area (Å²) < 4.78 is 4.88. The Morgan fingerprint density at radius 3 is 1.32 bits per heavy atom. The van der Waals surface area contributed by atoms with Gasteiger partial charge in [0.1, 0.15) is 0 Å². The fourth-order valence-electron chi connectivity index (χ4n) is 4.44. The molecule has 2 aliphatic carbocycles. The highest BCUT2D eigenvalue weighted by molar-refractivity contribution is 6.19. The number of nitrogens with one attached hydrogen (secondary N) is 5. The molecule has 15 heteroatoms. The van der Waals surface area contributed by atoms with Gasteiger partial charge in [-0.25, -0.2) is 0 Å². The number of amides is 5. The maximum absolute atomic E-state index is 12.5. The van der Waals surface area contributed by atoms with Crippen molar-refractivity contribution < 1.29 is 47.9 Å². The van der Waals surface area contributed by atoms with Crippen LogP contribution in [0.5, 0.6) is 0 Å². The lowest BCUT2D eigenvalue weighted by Gasteiger charge is -2.18. The monoisotopic (exact) mass is 617 g/mol. The quantitative estimate of drug-likeness (QED) is 0.0744. The van der Waals surface area contributed by atoms with Crippen LogP contribution in [0.2, 0.25) is 0 Å². The van der Waals surface area contributed by atoms with E-state index in [2.05, 4.69) is 26.6 Å². The van der Waals surface area contributed by atoms with Gasteiger partial charge in [-0.2, -0.15) is 0 Å². The number of ketones is 4. The standard InChI is InChI=1S/C29H39N5O10/c1-44-15-10-27(41)34-18(16-28(42)32-13-11-30-25(39)8-2-19-21(35)4-5-22(19)36)17-29(43)33-14-12-31-26(40)9-3-20-23(37)6-7-24(20)38/h4-7,18-20H,2-3,8-17H2,1H3,(H,30,39)(H,31,40)(H,32,42)(H,33,43)(H,34,41). The zero-order valence-electron chi connectivity index (χ0n) is 24.6. The van der Waals surface area contributed by atoms with Gasteiger partial charge in [-0.3, -0.25) is 43.2 Å². The molecule has 2 rings (SSSR count). The molecule has 0 fully saturated rings. The summed E-state index contributed by atoms with van der Waals surface area (Å²) in [6, 6.07) is -0.839. The van der Waals surface area contributed by atoms with E-state index in [1.807, 2.05) is 0 Å². The molecule has 0 aliphatic heterocycles. The molecule has 0 radical (unpaired) electrons. The fourth-order valence-corrected chi connectivity index (χ4v) is 4.44. The zero-order chi connectivity index (χ0) is 32.5. The summed E-state index contributed by atoms with van der Waals surface area (Å²) in [5, 5.41) is 13.0. The summed E-state index contributed by atoms with van der Waals surface area (Å²) in [7, 11) is 1.43. The molecule has 2 aliphatic rings. The molecule has 0 unspecified atom stereocenters. The van der Waals surface area contributed by atoms with Crippen molar-refractivity contribution in [1.29, 1.82) is 0 Å². The Bertz CT molecular complexity index is 1080. The van der Waals surface area contributed by atoms with Crippen LogP contribution in [0.1, 0.15) is 44.9 Å². The van der Waals surface area contributed by atoms with Gasteiger partial charge in [-0.15, -0.1) is 0 Å². The number of carbonyl (C=O) groups excluding carboxylic acids is 9. The van der Waals surface area contributed by atoms with E-state index in [0.29, 0.717) is 0 Å². The number of carbonyl (C=O) groups is 9. The number of rotatable bonds is 20. The van der Waals surface area contributed by atoms with E-state index in [0.717, 1.165) is 0 Å². The van der Waals surface area contributed by atoms with Crippen molar-refractivity contribution in [3.05, 3.63) is 24.3 Å². The van der Waals surface area contributed by atoms with Crippen molar-refractivity contribution in [1.82, 2.24) is 26.6 Å². The molecular weight excluding hydrogens is 578 g/mol. The molecule has 0 aromatic heterocycles. The molecule has 0 aromatic rings. The second kappa shape index (κ2) is 18.9. The molecule has 240 valence electrons. The molecule has 0 bridgehead atoms. The third-order valence-electron chi connectivity index (χ3n) is 6.82. The van der Waals surface area contributed by atoms with Crippen molar-refractivity contribution in [2.75, 3.05) is 39.9 Å². The Hall–Kier alpha value is -4.53. The molecular formula is C29H39N5O10. The van der Waals surface area contributed by atoms with Gasteiger partial charge in [0, 0.05) is 71.4 Å². The first-order chi connectivity index (χ1) is 21.0. The topological polar surface area (TPSA) is 223 Å². The van der Waals surface area contributed by atoms with E-state index in [1.165, 1.54) is 31.4 Å². The number of ether oxygens (including phenoxy) is 1. The van der Waals surface area contributed by atoms with E-state index in [4.69, 9.17) is 4.74 Å². The maximum atomic E-state index is 12.5. The lowest BCUT2D eigenvalue weighted by molar-refractivity contribution is -0.129. The lowest BCUT2D eigenvalue weighted by atomic mass is 9.99. The predicted molar refractivity (Wildman–Crippen MR) is 153 cm³/mol. The number of hydrogen-bond acceptors (Lipinski definition) is 10. The maximum Gasteiger partial charge on any atom is 0.222 e. The number of methoxy groups -OCH3 is 1. The number of hydrogen-bond donors (Lipinski definition) is 5. The molecule has 15 nitrogen and oxygen atoms in total. The van der Waals surface area contributed by atoms with Crippen LogP contribution in [0.25, 0.3) is 0 Å². The average molecular weight is 618 g/mol. The molecule has 5 amide bonds. The minimum Gasteiger partial charge on any atom is -0.384 e. The van der Waals surface area contributed by atoms with E-state index < -0.39 is 35.6 Å². The summed E-state index contributed by atoms with van der Waals surface area (Å²) in [5.41, 5.74) is 0. The molecule has 44 heavy (non-hydrogen) atoms. The third-order valence-corrected chi connectivity index (χ3v) is 6.82. The van der Waals surface area contributed by atoms with Gasteiger partial charge >= 0.3 is 0 Å². The largest absolute Gasteiger partial charge is 0.384 e. The van der Waals surface area contributed by atoms with E-state index in [1.54, 1.807) is 0 Å². The van der Waals surface area contributed by atoms with Crippen LogP contribution >= 0.6 is 0 Å². The average Bonchev–Trinajstić information content (AvgIpc) is 3.47. The van der Waals surface area contributed by atoms with Crippen molar-refractivity contribution in [3.63, 3.8) is 0 Å². The van der Waals surface area contributed by atoms with Crippen molar-refractivity contribution in [2.24, 2.45) is 11.8 Å². The van der Waals surface area contributed by atoms with Crippen LogP contribution in [0.15, 0.2) is 24.3 Å². The minimum atomic E-state index is -0.839. The minimum absolute atomic E-state index is 0.0215. The first-order valence-corrected chi connectivity index (χ1v) is 14.4. The Balaban J connectivity index is 1.68. The first-order valence-electron chi connectivity index (χ1n) is 14.4. The Morgan fingerprint density at radius 1 is 0.591 bits per heavy atom. The van der Waals surface area contributed by atoms with Crippen molar-refractivity contribution in [2.45, 2.75) is 51.0 Å².